The summed E-state index contributed by atoms with van der Waals surface area (Å²) < 4.78 is 57.9. The van der Waals surface area contributed by atoms with E-state index in [1.807, 2.05) is 0 Å². The Labute approximate surface area is 80.1 Å². The highest BCUT2D eigenvalue weighted by atomic mass is 32.2. The molecule has 14 heavy (non-hydrogen) atoms. The van der Waals surface area contributed by atoms with E-state index in [0.29, 0.717) is 4.09 Å². The molecule has 0 radical (unpaired) electrons. The lowest BCUT2D eigenvalue weighted by atomic mass is 10.2. The van der Waals surface area contributed by atoms with Gasteiger partial charge in [-0.3, -0.25) is 4.21 Å². The topological polar surface area (TPSA) is 58.0 Å². The van der Waals surface area contributed by atoms with E-state index in [9.17, 15) is 21.9 Å². The van der Waals surface area contributed by atoms with Crippen LogP contribution in [-0.2, 0) is 17.4 Å². The van der Waals surface area contributed by atoms with Gasteiger partial charge >= 0.3 is 6.18 Å². The van der Waals surface area contributed by atoms with Gasteiger partial charge < -0.3 is 4.55 Å². The Morgan fingerprint density at radius 2 is 1.93 bits per heavy atom. The molecule has 1 rings (SSSR count). The Morgan fingerprint density at radius 3 is 2.14 bits per heavy atom. The number of hydrogen-bond acceptors (Lipinski definition) is 3. The first-order valence-electron chi connectivity index (χ1n) is 3.48. The highest BCUT2D eigenvalue weighted by molar-refractivity contribution is 7.77. The van der Waals surface area contributed by atoms with Crippen LogP contribution in [0.3, 0.4) is 0 Å². The largest absolute Gasteiger partial charge is 0.754 e. The molecular formula is C6H6F3N2O2S-. The first-order valence-corrected chi connectivity index (χ1v) is 4.51. The molecule has 4 nitrogen and oxygen atoms in total. The summed E-state index contributed by atoms with van der Waals surface area (Å²) in [4.78, 5) is 0. The zero-order valence-corrected chi connectivity index (χ0v) is 8.07. The molecule has 1 unspecified atom stereocenters. The number of hydrogen-bond donors (Lipinski definition) is 0. The molecule has 1 atom stereocenters. The van der Waals surface area contributed by atoms with Crippen LogP contribution in [-0.4, -0.2) is 17.9 Å². The number of rotatable bonds is 1. The Bertz CT molecular complexity index is 385. The second-order valence-electron chi connectivity index (χ2n) is 2.65. The van der Waals surface area contributed by atoms with Crippen LogP contribution in [0.5, 0.6) is 0 Å². The van der Waals surface area contributed by atoms with Crippen molar-refractivity contribution in [2.24, 2.45) is 0 Å². The van der Waals surface area contributed by atoms with Crippen LogP contribution in [0.4, 0.5) is 13.2 Å². The summed E-state index contributed by atoms with van der Waals surface area (Å²) in [5, 5.41) is 2.96. The van der Waals surface area contributed by atoms with Crippen LogP contribution in [0.25, 0.3) is 0 Å². The minimum Gasteiger partial charge on any atom is -0.754 e. The molecule has 0 bridgehead atoms. The lowest BCUT2D eigenvalue weighted by molar-refractivity contribution is -0.141. The Balaban J connectivity index is 3.37. The molecule has 1 aromatic heterocycles. The van der Waals surface area contributed by atoms with Gasteiger partial charge in [-0.25, -0.2) is 0 Å². The standard InChI is InChI=1S/C6H7F3N2O2S/c1-3-4(2)11(14(12)13)10-5(3)6(7,8)9/h1-2H3,(H,12,13)/p-1. The van der Waals surface area contributed by atoms with Gasteiger partial charge in [0.15, 0.2) is 5.69 Å². The maximum Gasteiger partial charge on any atom is 0.435 e. The summed E-state index contributed by atoms with van der Waals surface area (Å²) in [7, 11) is 0. The third-order valence-electron chi connectivity index (χ3n) is 1.79. The maximum atomic E-state index is 12.2. The van der Waals surface area contributed by atoms with Crippen LogP contribution in [0, 0.1) is 13.8 Å². The van der Waals surface area contributed by atoms with E-state index >= 15 is 0 Å². The molecule has 80 valence electrons. The van der Waals surface area contributed by atoms with E-state index < -0.39 is 23.1 Å². The van der Waals surface area contributed by atoms with Crippen molar-refractivity contribution in [3.05, 3.63) is 17.0 Å². The van der Waals surface area contributed by atoms with Crippen molar-refractivity contribution in [1.29, 1.82) is 0 Å². The van der Waals surface area contributed by atoms with Gasteiger partial charge in [-0.05, 0) is 13.8 Å². The van der Waals surface area contributed by atoms with Gasteiger partial charge in [-0.1, -0.05) is 0 Å². The van der Waals surface area contributed by atoms with Gasteiger partial charge in [0.05, 0.1) is 17.0 Å². The second-order valence-corrected chi connectivity index (χ2v) is 3.43. The fourth-order valence-corrected chi connectivity index (χ4v) is 1.48. The van der Waals surface area contributed by atoms with Crippen molar-refractivity contribution in [3.63, 3.8) is 0 Å². The molecule has 1 aromatic rings. The van der Waals surface area contributed by atoms with E-state index in [1.165, 1.54) is 13.8 Å². The number of aromatic nitrogens is 2. The van der Waals surface area contributed by atoms with Crippen LogP contribution >= 0.6 is 0 Å². The van der Waals surface area contributed by atoms with Crippen LogP contribution in [0.2, 0.25) is 0 Å². The second kappa shape index (κ2) is 3.35. The van der Waals surface area contributed by atoms with Crippen LogP contribution in [0.15, 0.2) is 0 Å². The van der Waals surface area contributed by atoms with Crippen molar-refractivity contribution in [2.45, 2.75) is 20.0 Å². The average Bonchev–Trinajstić information content (AvgIpc) is 2.28. The Morgan fingerprint density at radius 1 is 1.43 bits per heavy atom. The summed E-state index contributed by atoms with van der Waals surface area (Å²) in [6.45, 7) is 2.43. The summed E-state index contributed by atoms with van der Waals surface area (Å²) in [5.41, 5.74) is -1.38. The van der Waals surface area contributed by atoms with E-state index in [-0.39, 0.29) is 11.3 Å². The highest BCUT2D eigenvalue weighted by Crippen LogP contribution is 2.31. The fourth-order valence-electron chi connectivity index (χ4n) is 0.970. The Hall–Kier alpha value is -0.890. The first-order chi connectivity index (χ1) is 6.25. The van der Waals surface area contributed by atoms with Gasteiger partial charge in [0.1, 0.15) is 0 Å². The molecule has 0 saturated heterocycles. The number of halogens is 3. The van der Waals surface area contributed by atoms with E-state index in [1.54, 1.807) is 0 Å². The van der Waals surface area contributed by atoms with E-state index in [0.717, 1.165) is 0 Å². The van der Waals surface area contributed by atoms with Gasteiger partial charge in [0, 0.05) is 5.56 Å². The molecule has 0 fully saturated rings. The predicted molar refractivity (Wildman–Crippen MR) is 41.0 cm³/mol. The van der Waals surface area contributed by atoms with Gasteiger partial charge in [0.25, 0.3) is 0 Å². The monoisotopic (exact) mass is 227 g/mol. The van der Waals surface area contributed by atoms with Crippen molar-refractivity contribution in [3.8, 4) is 0 Å². The normalized spacial score (nSPS) is 14.4. The lowest BCUT2D eigenvalue weighted by Gasteiger charge is -2.05. The van der Waals surface area contributed by atoms with Crippen LogP contribution in [0.1, 0.15) is 17.0 Å². The molecule has 0 aliphatic rings. The maximum absolute atomic E-state index is 12.2. The van der Waals surface area contributed by atoms with E-state index in [2.05, 4.69) is 5.10 Å². The number of nitrogens with zero attached hydrogens (tertiary/aromatic N) is 2. The minimum absolute atomic E-state index is 0.0364. The van der Waals surface area contributed by atoms with Crippen LogP contribution < -0.4 is 0 Å². The van der Waals surface area contributed by atoms with Gasteiger partial charge in [0.2, 0.25) is 0 Å². The first kappa shape index (κ1) is 11.2. The van der Waals surface area contributed by atoms with E-state index in [4.69, 9.17) is 0 Å². The molecule has 1 heterocycles. The van der Waals surface area contributed by atoms with Crippen molar-refractivity contribution < 1.29 is 21.9 Å². The summed E-state index contributed by atoms with van der Waals surface area (Å²) in [5.74, 6) is 0. The van der Waals surface area contributed by atoms with Crippen molar-refractivity contribution in [2.75, 3.05) is 0 Å². The number of alkyl halides is 3. The molecule has 0 N–H and O–H groups in total. The Kier molecular flexibility index (Phi) is 2.68. The highest BCUT2D eigenvalue weighted by Gasteiger charge is 2.37. The lowest BCUT2D eigenvalue weighted by Crippen LogP contribution is -2.10. The third-order valence-corrected chi connectivity index (χ3v) is 2.42. The van der Waals surface area contributed by atoms with Crippen molar-refractivity contribution >= 4 is 11.3 Å². The quantitative estimate of drug-likeness (QED) is 0.676. The zero-order valence-electron chi connectivity index (χ0n) is 7.25. The summed E-state index contributed by atoms with van der Waals surface area (Å²) >= 11 is -2.81. The average molecular weight is 227 g/mol. The molecule has 8 heteroatoms. The molecule has 0 aliphatic heterocycles. The van der Waals surface area contributed by atoms with Gasteiger partial charge in [-0.2, -0.15) is 22.4 Å². The molecular weight excluding hydrogens is 221 g/mol. The molecule has 0 saturated carbocycles. The predicted octanol–water partition coefficient (Wildman–Crippen LogP) is 1.16. The SMILES string of the molecule is Cc1c(C(F)(F)F)nn(S(=O)[O-])c1C. The summed E-state index contributed by atoms with van der Waals surface area (Å²) in [6.07, 6.45) is -4.63. The zero-order chi connectivity index (χ0) is 11.1. The molecule has 0 aromatic carbocycles. The van der Waals surface area contributed by atoms with Crippen molar-refractivity contribution in [1.82, 2.24) is 9.19 Å². The third kappa shape index (κ3) is 1.80. The smallest absolute Gasteiger partial charge is 0.435 e. The minimum atomic E-state index is -4.63. The molecule has 0 aliphatic carbocycles. The fraction of sp³-hybridized carbons (Fsp3) is 0.500. The van der Waals surface area contributed by atoms with Gasteiger partial charge in [-0.15, -0.1) is 0 Å². The summed E-state index contributed by atoms with van der Waals surface area (Å²) in [6, 6.07) is 0. The molecule has 0 amide bonds. The molecule has 0 spiro atoms.